The lowest BCUT2D eigenvalue weighted by Gasteiger charge is -2.17. The Morgan fingerprint density at radius 2 is 1.79 bits per heavy atom. The molecule has 1 aliphatic rings. The van der Waals surface area contributed by atoms with Crippen molar-refractivity contribution in [3.63, 3.8) is 0 Å². The van der Waals surface area contributed by atoms with Gasteiger partial charge in [-0.2, -0.15) is 0 Å². The summed E-state index contributed by atoms with van der Waals surface area (Å²) in [5, 5.41) is 3.41. The number of aromatic nitrogens is 1. The van der Waals surface area contributed by atoms with Crippen LogP contribution in [0, 0.1) is 0 Å². The number of nitrogens with zero attached hydrogens (tertiary/aromatic N) is 1. The van der Waals surface area contributed by atoms with Crippen LogP contribution in [0.3, 0.4) is 0 Å². The molecule has 0 saturated heterocycles. The second-order valence-electron chi connectivity index (χ2n) is 6.06. The summed E-state index contributed by atoms with van der Waals surface area (Å²) in [5.41, 5.74) is 6.03. The third-order valence-corrected chi connectivity index (χ3v) is 4.37. The topological polar surface area (TPSA) is 34.1 Å². The van der Waals surface area contributed by atoms with E-state index < -0.39 is 0 Å². The Labute approximate surface area is 142 Å². The molecule has 1 aliphatic heterocycles. The minimum Gasteiger partial charge on any atom is -0.489 e. The third kappa shape index (κ3) is 3.31. The van der Waals surface area contributed by atoms with E-state index in [0.717, 1.165) is 36.5 Å². The van der Waals surface area contributed by atoms with Crippen LogP contribution in [0.1, 0.15) is 16.7 Å². The molecule has 0 unspecified atom stereocenters. The maximum atomic E-state index is 5.84. The van der Waals surface area contributed by atoms with Crippen LogP contribution in [0.25, 0.3) is 11.3 Å². The van der Waals surface area contributed by atoms with Crippen molar-refractivity contribution >= 4 is 0 Å². The monoisotopic (exact) mass is 316 g/mol. The Balaban J connectivity index is 1.47. The molecule has 3 heteroatoms. The quantitative estimate of drug-likeness (QED) is 0.791. The lowest BCUT2D eigenvalue weighted by atomic mass is 10.0. The van der Waals surface area contributed by atoms with E-state index in [1.54, 1.807) is 0 Å². The van der Waals surface area contributed by atoms with Crippen LogP contribution in [0.2, 0.25) is 0 Å². The summed E-state index contributed by atoms with van der Waals surface area (Å²) in [6, 6.07) is 20.6. The highest BCUT2D eigenvalue weighted by Crippen LogP contribution is 2.24. The van der Waals surface area contributed by atoms with Gasteiger partial charge in [-0.3, -0.25) is 4.98 Å². The molecule has 0 spiro atoms. The summed E-state index contributed by atoms with van der Waals surface area (Å²) in [6.45, 7) is 2.56. The SMILES string of the molecule is c1ccc(COc2ccc(-c3cc4c(cn3)CCNC4)cc2)cc1. The fourth-order valence-electron chi connectivity index (χ4n) is 2.98. The maximum Gasteiger partial charge on any atom is 0.119 e. The van der Waals surface area contributed by atoms with Gasteiger partial charge in [0.05, 0.1) is 5.69 Å². The summed E-state index contributed by atoms with van der Waals surface area (Å²) in [4.78, 5) is 4.62. The molecule has 24 heavy (non-hydrogen) atoms. The normalized spacial score (nSPS) is 13.3. The zero-order valence-corrected chi connectivity index (χ0v) is 13.5. The van der Waals surface area contributed by atoms with E-state index in [-0.39, 0.29) is 0 Å². The number of nitrogens with one attached hydrogen (secondary N) is 1. The van der Waals surface area contributed by atoms with Gasteiger partial charge in [-0.05, 0) is 60.0 Å². The van der Waals surface area contributed by atoms with Crippen molar-refractivity contribution in [2.24, 2.45) is 0 Å². The van der Waals surface area contributed by atoms with Crippen LogP contribution in [-0.2, 0) is 19.6 Å². The molecule has 0 amide bonds. The average molecular weight is 316 g/mol. The summed E-state index contributed by atoms with van der Waals surface area (Å²) in [5.74, 6) is 0.877. The molecule has 2 aromatic carbocycles. The highest BCUT2D eigenvalue weighted by molar-refractivity contribution is 5.61. The van der Waals surface area contributed by atoms with Crippen LogP contribution in [0.15, 0.2) is 66.9 Å². The van der Waals surface area contributed by atoms with Gasteiger partial charge in [0.2, 0.25) is 0 Å². The zero-order valence-electron chi connectivity index (χ0n) is 13.5. The Kier molecular flexibility index (Phi) is 4.26. The van der Waals surface area contributed by atoms with Gasteiger partial charge >= 0.3 is 0 Å². The van der Waals surface area contributed by atoms with Gasteiger partial charge in [-0.15, -0.1) is 0 Å². The molecule has 3 aromatic rings. The molecule has 120 valence electrons. The van der Waals surface area contributed by atoms with Gasteiger partial charge < -0.3 is 10.1 Å². The number of ether oxygens (including phenoxy) is 1. The van der Waals surface area contributed by atoms with Crippen LogP contribution >= 0.6 is 0 Å². The molecule has 2 heterocycles. The molecule has 0 bridgehead atoms. The molecular weight excluding hydrogens is 296 g/mol. The van der Waals surface area contributed by atoms with Crippen LogP contribution in [0.4, 0.5) is 0 Å². The molecule has 0 aliphatic carbocycles. The summed E-state index contributed by atoms with van der Waals surface area (Å²) < 4.78 is 5.84. The molecule has 4 rings (SSSR count). The van der Waals surface area contributed by atoms with Gasteiger partial charge in [-0.1, -0.05) is 30.3 Å². The van der Waals surface area contributed by atoms with Crippen molar-refractivity contribution in [3.05, 3.63) is 83.6 Å². The highest BCUT2D eigenvalue weighted by atomic mass is 16.5. The van der Waals surface area contributed by atoms with E-state index >= 15 is 0 Å². The molecule has 1 aromatic heterocycles. The van der Waals surface area contributed by atoms with Gasteiger partial charge in [-0.25, -0.2) is 0 Å². The molecule has 0 fully saturated rings. The predicted octanol–water partition coefficient (Wildman–Crippen LogP) is 3.97. The number of benzene rings is 2. The van der Waals surface area contributed by atoms with Gasteiger partial charge in [0.15, 0.2) is 0 Å². The fraction of sp³-hybridized carbons (Fsp3) is 0.190. The van der Waals surface area contributed by atoms with Crippen molar-refractivity contribution in [1.29, 1.82) is 0 Å². The smallest absolute Gasteiger partial charge is 0.119 e. The Bertz CT molecular complexity index is 813. The van der Waals surface area contributed by atoms with Gasteiger partial charge in [0.1, 0.15) is 12.4 Å². The largest absolute Gasteiger partial charge is 0.489 e. The first-order valence-corrected chi connectivity index (χ1v) is 8.34. The zero-order chi connectivity index (χ0) is 16.2. The van der Waals surface area contributed by atoms with E-state index in [1.807, 2.05) is 36.5 Å². The Morgan fingerprint density at radius 1 is 0.958 bits per heavy atom. The van der Waals surface area contributed by atoms with Crippen molar-refractivity contribution in [2.75, 3.05) is 6.54 Å². The van der Waals surface area contributed by atoms with Gasteiger partial charge in [0, 0.05) is 18.3 Å². The van der Waals surface area contributed by atoms with Crippen LogP contribution < -0.4 is 10.1 Å². The van der Waals surface area contributed by atoms with Crippen molar-refractivity contribution in [3.8, 4) is 17.0 Å². The van der Waals surface area contributed by atoms with Crippen molar-refractivity contribution in [1.82, 2.24) is 10.3 Å². The first-order valence-electron chi connectivity index (χ1n) is 8.34. The third-order valence-electron chi connectivity index (χ3n) is 4.37. The van der Waals surface area contributed by atoms with Crippen LogP contribution in [-0.4, -0.2) is 11.5 Å². The number of hydrogen-bond acceptors (Lipinski definition) is 3. The van der Waals surface area contributed by atoms with Crippen LogP contribution in [0.5, 0.6) is 5.75 Å². The van der Waals surface area contributed by atoms with Crippen molar-refractivity contribution in [2.45, 2.75) is 19.6 Å². The number of hydrogen-bond donors (Lipinski definition) is 1. The highest BCUT2D eigenvalue weighted by Gasteiger charge is 2.10. The molecule has 3 nitrogen and oxygen atoms in total. The lowest BCUT2D eigenvalue weighted by Crippen LogP contribution is -2.23. The fourth-order valence-corrected chi connectivity index (χ4v) is 2.98. The molecule has 0 atom stereocenters. The van der Waals surface area contributed by atoms with E-state index in [9.17, 15) is 0 Å². The summed E-state index contributed by atoms with van der Waals surface area (Å²) in [7, 11) is 0. The lowest BCUT2D eigenvalue weighted by molar-refractivity contribution is 0.306. The van der Waals surface area contributed by atoms with E-state index in [4.69, 9.17) is 4.74 Å². The predicted molar refractivity (Wildman–Crippen MR) is 95.9 cm³/mol. The maximum absolute atomic E-state index is 5.84. The number of pyridine rings is 1. The van der Waals surface area contributed by atoms with E-state index in [2.05, 4.69) is 40.6 Å². The number of rotatable bonds is 4. The summed E-state index contributed by atoms with van der Waals surface area (Å²) >= 11 is 0. The second-order valence-corrected chi connectivity index (χ2v) is 6.06. The first kappa shape index (κ1) is 14.9. The van der Waals surface area contributed by atoms with E-state index in [0.29, 0.717) is 6.61 Å². The van der Waals surface area contributed by atoms with E-state index in [1.165, 1.54) is 16.7 Å². The van der Waals surface area contributed by atoms with Gasteiger partial charge in [0.25, 0.3) is 0 Å². The number of fused-ring (bicyclic) bond motifs is 1. The Hall–Kier alpha value is -2.65. The average Bonchev–Trinajstić information content (AvgIpc) is 2.67. The molecular formula is C21H20N2O. The Morgan fingerprint density at radius 3 is 2.62 bits per heavy atom. The minimum atomic E-state index is 0.586. The first-order chi connectivity index (χ1) is 11.9. The molecule has 1 N–H and O–H groups in total. The summed E-state index contributed by atoms with van der Waals surface area (Å²) in [6.07, 6.45) is 3.08. The minimum absolute atomic E-state index is 0.586. The molecule has 0 radical (unpaired) electrons. The second kappa shape index (κ2) is 6.85. The standard InChI is InChI=1S/C21H20N2O/c1-2-4-16(5-3-1)15-24-20-8-6-17(7-9-20)21-12-19-13-22-11-10-18(19)14-23-21/h1-9,12,14,22H,10-11,13,15H2. The molecule has 0 saturated carbocycles. The van der Waals surface area contributed by atoms with Crippen molar-refractivity contribution < 1.29 is 4.74 Å².